The van der Waals surface area contributed by atoms with Crippen LogP contribution in [0, 0.1) is 6.92 Å². The maximum absolute atomic E-state index is 5.33. The molecule has 0 unspecified atom stereocenters. The summed E-state index contributed by atoms with van der Waals surface area (Å²) in [4.78, 5) is 9.63. The lowest BCUT2D eigenvalue weighted by atomic mass is 10.4. The second-order valence-corrected chi connectivity index (χ2v) is 5.23. The molecular formula is C10H12BrN5S. The summed E-state index contributed by atoms with van der Waals surface area (Å²) < 4.78 is 1.11. The molecule has 0 aliphatic rings. The van der Waals surface area contributed by atoms with Crippen LogP contribution in [0.4, 0.5) is 11.6 Å². The van der Waals surface area contributed by atoms with E-state index in [-0.39, 0.29) is 0 Å². The van der Waals surface area contributed by atoms with Gasteiger partial charge in [-0.1, -0.05) is 0 Å². The molecule has 90 valence electrons. The highest BCUT2D eigenvalue weighted by Gasteiger charge is 2.03. The average molecular weight is 314 g/mol. The Kier molecular flexibility index (Phi) is 3.93. The van der Waals surface area contributed by atoms with E-state index in [1.54, 1.807) is 17.4 Å². The molecule has 0 atom stereocenters. The van der Waals surface area contributed by atoms with Crippen molar-refractivity contribution in [1.29, 1.82) is 0 Å². The van der Waals surface area contributed by atoms with Crippen LogP contribution in [0.25, 0.3) is 0 Å². The monoisotopic (exact) mass is 313 g/mol. The average Bonchev–Trinajstić information content (AvgIpc) is 2.71. The second kappa shape index (κ2) is 5.44. The second-order valence-electron chi connectivity index (χ2n) is 3.38. The van der Waals surface area contributed by atoms with Crippen molar-refractivity contribution in [3.8, 4) is 0 Å². The van der Waals surface area contributed by atoms with Crippen molar-refractivity contribution in [3.05, 3.63) is 32.7 Å². The number of rotatable bonds is 4. The molecule has 2 aromatic rings. The Morgan fingerprint density at radius 2 is 2.18 bits per heavy atom. The number of aromatic nitrogens is 2. The number of hydrogen-bond donors (Lipinski definition) is 3. The number of aryl methyl sites for hydroxylation is 1. The van der Waals surface area contributed by atoms with Gasteiger partial charge in [0.05, 0.1) is 6.54 Å². The fourth-order valence-electron chi connectivity index (χ4n) is 1.35. The molecule has 0 aromatic carbocycles. The van der Waals surface area contributed by atoms with Gasteiger partial charge < -0.3 is 10.7 Å². The molecule has 0 amide bonds. The van der Waals surface area contributed by atoms with Gasteiger partial charge in [-0.05, 0) is 34.3 Å². The largest absolute Gasteiger partial charge is 0.365 e. The Bertz CT molecular complexity index is 513. The van der Waals surface area contributed by atoms with Gasteiger partial charge in [0.2, 0.25) is 0 Å². The highest BCUT2D eigenvalue weighted by atomic mass is 79.9. The van der Waals surface area contributed by atoms with Gasteiger partial charge in [0.15, 0.2) is 0 Å². The van der Waals surface area contributed by atoms with Crippen LogP contribution in [0.5, 0.6) is 0 Å². The van der Waals surface area contributed by atoms with Crippen LogP contribution in [0.3, 0.4) is 0 Å². The fraction of sp³-hybridized carbons (Fsp3) is 0.200. The van der Waals surface area contributed by atoms with Crippen molar-refractivity contribution in [2.45, 2.75) is 13.5 Å². The van der Waals surface area contributed by atoms with E-state index in [0.717, 1.165) is 16.8 Å². The van der Waals surface area contributed by atoms with Crippen LogP contribution in [-0.2, 0) is 6.54 Å². The molecule has 0 aliphatic carbocycles. The fourth-order valence-corrected chi connectivity index (χ4v) is 2.79. The van der Waals surface area contributed by atoms with Crippen molar-refractivity contribution < 1.29 is 0 Å². The molecule has 7 heteroatoms. The first-order valence-corrected chi connectivity index (χ1v) is 6.64. The summed E-state index contributed by atoms with van der Waals surface area (Å²) in [5.74, 6) is 7.36. The molecule has 0 saturated carbocycles. The summed E-state index contributed by atoms with van der Waals surface area (Å²) in [6.45, 7) is 2.55. The highest BCUT2D eigenvalue weighted by molar-refractivity contribution is 9.10. The number of hydrogen-bond acceptors (Lipinski definition) is 6. The summed E-state index contributed by atoms with van der Waals surface area (Å²) in [6, 6.07) is 3.80. The lowest BCUT2D eigenvalue weighted by molar-refractivity contribution is 1.02. The summed E-state index contributed by atoms with van der Waals surface area (Å²) in [5.41, 5.74) is 2.51. The number of nitrogen functional groups attached to an aromatic ring is 1. The number of nitrogens with two attached hydrogens (primary N) is 1. The number of anilines is 2. The zero-order chi connectivity index (χ0) is 12.3. The Labute approximate surface area is 112 Å². The summed E-state index contributed by atoms with van der Waals surface area (Å²) >= 11 is 5.18. The van der Waals surface area contributed by atoms with Gasteiger partial charge in [-0.15, -0.1) is 11.3 Å². The van der Waals surface area contributed by atoms with Crippen molar-refractivity contribution >= 4 is 38.9 Å². The van der Waals surface area contributed by atoms with Gasteiger partial charge in [-0.25, -0.2) is 15.8 Å². The van der Waals surface area contributed by atoms with Crippen LogP contribution in [0.2, 0.25) is 0 Å². The van der Waals surface area contributed by atoms with Crippen LogP contribution in [0.1, 0.15) is 10.7 Å². The van der Waals surface area contributed by atoms with Gasteiger partial charge in [0.25, 0.3) is 0 Å². The van der Waals surface area contributed by atoms with Gasteiger partial charge in [-0.2, -0.15) is 0 Å². The molecule has 0 radical (unpaired) electrons. The predicted octanol–water partition coefficient (Wildman–Crippen LogP) is 2.51. The van der Waals surface area contributed by atoms with Crippen molar-refractivity contribution in [3.63, 3.8) is 0 Å². The third-order valence-electron chi connectivity index (χ3n) is 2.11. The Hall–Kier alpha value is -1.18. The van der Waals surface area contributed by atoms with Crippen LogP contribution < -0.4 is 16.6 Å². The van der Waals surface area contributed by atoms with Gasteiger partial charge in [0, 0.05) is 15.4 Å². The van der Waals surface area contributed by atoms with Crippen molar-refractivity contribution in [2.24, 2.45) is 5.84 Å². The summed E-state index contributed by atoms with van der Waals surface area (Å²) in [5, 5.41) is 5.28. The molecule has 0 fully saturated rings. The zero-order valence-electron chi connectivity index (χ0n) is 9.20. The number of hydrazine groups is 1. The van der Waals surface area contributed by atoms with E-state index in [1.807, 2.05) is 18.4 Å². The van der Waals surface area contributed by atoms with Crippen molar-refractivity contribution in [2.75, 3.05) is 10.7 Å². The molecule has 0 spiro atoms. The van der Waals surface area contributed by atoms with Gasteiger partial charge >= 0.3 is 0 Å². The minimum absolute atomic E-state index is 0.602. The molecule has 4 N–H and O–H groups in total. The molecular weight excluding hydrogens is 302 g/mol. The Morgan fingerprint density at radius 3 is 2.82 bits per heavy atom. The Morgan fingerprint density at radius 1 is 1.41 bits per heavy atom. The maximum atomic E-state index is 5.33. The first-order chi connectivity index (χ1) is 8.19. The van der Waals surface area contributed by atoms with Crippen LogP contribution in [0.15, 0.2) is 22.0 Å². The van der Waals surface area contributed by atoms with Gasteiger partial charge in [0.1, 0.15) is 17.5 Å². The first-order valence-electron chi connectivity index (χ1n) is 4.97. The molecule has 0 saturated heterocycles. The van der Waals surface area contributed by atoms with E-state index >= 15 is 0 Å². The highest BCUT2D eigenvalue weighted by Crippen LogP contribution is 2.23. The summed E-state index contributed by atoms with van der Waals surface area (Å²) in [7, 11) is 0. The predicted molar refractivity (Wildman–Crippen MR) is 73.9 cm³/mol. The van der Waals surface area contributed by atoms with Crippen LogP contribution in [-0.4, -0.2) is 9.97 Å². The van der Waals surface area contributed by atoms with Crippen molar-refractivity contribution in [1.82, 2.24) is 9.97 Å². The number of thiophene rings is 1. The third-order valence-corrected chi connectivity index (χ3v) is 4.03. The molecule has 2 heterocycles. The van der Waals surface area contributed by atoms with E-state index < -0.39 is 0 Å². The van der Waals surface area contributed by atoms with E-state index in [2.05, 4.69) is 36.6 Å². The topological polar surface area (TPSA) is 75.9 Å². The molecule has 17 heavy (non-hydrogen) atoms. The normalized spacial score (nSPS) is 10.3. The quantitative estimate of drug-likeness (QED) is 0.597. The minimum atomic E-state index is 0.602. The van der Waals surface area contributed by atoms with E-state index in [0.29, 0.717) is 11.6 Å². The number of halogens is 1. The molecule has 2 aromatic heterocycles. The molecule has 0 aliphatic heterocycles. The molecule has 2 rings (SSSR count). The number of nitrogens with zero attached hydrogens (tertiary/aromatic N) is 2. The number of nitrogens with one attached hydrogen (secondary N) is 2. The standard InChI is InChI=1S/C10H12BrN5S/c1-6-14-9(4-10(15-6)16-12)13-5-8-7(11)2-3-17-8/h2-4H,5,12H2,1H3,(H2,13,14,15,16). The lowest BCUT2D eigenvalue weighted by Gasteiger charge is -2.07. The summed E-state index contributed by atoms with van der Waals surface area (Å²) in [6.07, 6.45) is 0. The lowest BCUT2D eigenvalue weighted by Crippen LogP contribution is -2.11. The SMILES string of the molecule is Cc1nc(NN)cc(NCc2sccc2Br)n1. The molecule has 5 nitrogen and oxygen atoms in total. The van der Waals surface area contributed by atoms with E-state index in [4.69, 9.17) is 5.84 Å². The smallest absolute Gasteiger partial charge is 0.145 e. The minimum Gasteiger partial charge on any atom is -0.365 e. The van der Waals surface area contributed by atoms with E-state index in [1.165, 1.54) is 4.88 Å². The molecule has 0 bridgehead atoms. The van der Waals surface area contributed by atoms with Gasteiger partial charge in [-0.3, -0.25) is 0 Å². The third kappa shape index (κ3) is 3.15. The first kappa shape index (κ1) is 12.3. The van der Waals surface area contributed by atoms with Crippen LogP contribution >= 0.6 is 27.3 Å². The van der Waals surface area contributed by atoms with E-state index in [9.17, 15) is 0 Å². The Balaban J connectivity index is 2.09. The zero-order valence-corrected chi connectivity index (χ0v) is 11.6. The maximum Gasteiger partial charge on any atom is 0.145 e.